The normalized spacial score (nSPS) is 12.5. The molecule has 0 radical (unpaired) electrons. The summed E-state index contributed by atoms with van der Waals surface area (Å²) < 4.78 is 37.4. The van der Waals surface area contributed by atoms with Crippen LogP contribution < -0.4 is 5.32 Å². The van der Waals surface area contributed by atoms with E-state index in [2.05, 4.69) is 31.1 Å². The molecule has 1 heterocycles. The van der Waals surface area contributed by atoms with E-state index in [1.54, 1.807) is 11.3 Å². The van der Waals surface area contributed by atoms with Crippen LogP contribution in [0.3, 0.4) is 0 Å². The predicted molar refractivity (Wildman–Crippen MR) is 79.6 cm³/mol. The summed E-state index contributed by atoms with van der Waals surface area (Å²) in [6.07, 6.45) is -4.30. The molecular weight excluding hydrogens is 297 g/mol. The number of alkyl halides is 3. The average molecular weight is 314 g/mol. The summed E-state index contributed by atoms with van der Waals surface area (Å²) in [5.41, 5.74) is 0.909. The molecule has 1 aromatic heterocycles. The summed E-state index contributed by atoms with van der Waals surface area (Å²) in [6, 6.07) is 5.01. The maximum atomic E-state index is 12.5. The molecular formula is C15H17F3N2S. The third-order valence-electron chi connectivity index (χ3n) is 2.88. The van der Waals surface area contributed by atoms with Crippen molar-refractivity contribution >= 4 is 17.0 Å². The summed E-state index contributed by atoms with van der Waals surface area (Å²) in [7, 11) is 0. The molecule has 0 bridgehead atoms. The number of nitrogens with one attached hydrogen (secondary N) is 1. The van der Waals surface area contributed by atoms with Crippen molar-refractivity contribution in [3.63, 3.8) is 0 Å². The van der Waals surface area contributed by atoms with Crippen molar-refractivity contribution in [3.8, 4) is 0 Å². The molecule has 0 aliphatic rings. The molecule has 1 aromatic carbocycles. The molecule has 0 aliphatic carbocycles. The van der Waals surface area contributed by atoms with Gasteiger partial charge in [0.2, 0.25) is 0 Å². The quantitative estimate of drug-likeness (QED) is 0.855. The van der Waals surface area contributed by atoms with E-state index in [0.717, 1.165) is 22.8 Å². The first kappa shape index (κ1) is 15.8. The largest absolute Gasteiger partial charge is 0.416 e. The van der Waals surface area contributed by atoms with Crippen molar-refractivity contribution in [3.05, 3.63) is 45.9 Å². The number of hydrogen-bond donors (Lipinski definition) is 1. The minimum absolute atomic E-state index is 0.0112. The van der Waals surface area contributed by atoms with Gasteiger partial charge in [0, 0.05) is 16.5 Å². The number of aromatic nitrogens is 1. The lowest BCUT2D eigenvalue weighted by atomic mass is 9.98. The van der Waals surface area contributed by atoms with E-state index in [1.807, 2.05) is 5.38 Å². The van der Waals surface area contributed by atoms with Crippen LogP contribution in [-0.2, 0) is 18.1 Å². The molecule has 0 unspecified atom stereocenters. The molecule has 0 amide bonds. The van der Waals surface area contributed by atoms with Gasteiger partial charge in [-0.3, -0.25) is 0 Å². The zero-order valence-electron chi connectivity index (χ0n) is 12.1. The molecule has 1 N–H and O–H groups in total. The minimum atomic E-state index is -4.30. The summed E-state index contributed by atoms with van der Waals surface area (Å²) in [5.74, 6) is 0. The Morgan fingerprint density at radius 3 is 2.19 bits per heavy atom. The van der Waals surface area contributed by atoms with Crippen molar-refractivity contribution in [2.45, 2.75) is 38.9 Å². The number of hydrogen-bond acceptors (Lipinski definition) is 3. The number of thiazole rings is 1. The van der Waals surface area contributed by atoms with Gasteiger partial charge >= 0.3 is 6.18 Å². The Morgan fingerprint density at radius 2 is 1.71 bits per heavy atom. The zero-order chi connectivity index (χ0) is 15.7. The molecule has 0 fully saturated rings. The Kier molecular flexibility index (Phi) is 4.27. The summed E-state index contributed by atoms with van der Waals surface area (Å²) >= 11 is 1.60. The molecule has 114 valence electrons. The lowest BCUT2D eigenvalue weighted by molar-refractivity contribution is -0.137. The van der Waals surface area contributed by atoms with Crippen LogP contribution in [0.2, 0.25) is 0 Å². The van der Waals surface area contributed by atoms with E-state index in [-0.39, 0.29) is 5.41 Å². The van der Waals surface area contributed by atoms with E-state index >= 15 is 0 Å². The van der Waals surface area contributed by atoms with Crippen LogP contribution in [0.5, 0.6) is 0 Å². The van der Waals surface area contributed by atoms with Gasteiger partial charge in [-0.25, -0.2) is 4.98 Å². The molecule has 21 heavy (non-hydrogen) atoms. The van der Waals surface area contributed by atoms with Crippen LogP contribution >= 0.6 is 11.3 Å². The first-order valence-electron chi connectivity index (χ1n) is 6.52. The van der Waals surface area contributed by atoms with Crippen molar-refractivity contribution < 1.29 is 13.2 Å². The highest BCUT2D eigenvalue weighted by molar-refractivity contribution is 7.09. The number of benzene rings is 1. The van der Waals surface area contributed by atoms with Gasteiger partial charge in [0.25, 0.3) is 0 Å². The Hall–Kier alpha value is -1.56. The van der Waals surface area contributed by atoms with Gasteiger partial charge in [-0.05, 0) is 24.3 Å². The van der Waals surface area contributed by atoms with Crippen LogP contribution in [0.25, 0.3) is 0 Å². The number of halogens is 3. The minimum Gasteiger partial charge on any atom is -0.379 e. The second-order valence-corrected chi connectivity index (χ2v) is 6.68. The van der Waals surface area contributed by atoms with Crippen molar-refractivity contribution in [2.24, 2.45) is 0 Å². The van der Waals surface area contributed by atoms with Crippen LogP contribution in [0.1, 0.15) is 37.0 Å². The molecule has 0 aliphatic heterocycles. The maximum absolute atomic E-state index is 12.5. The van der Waals surface area contributed by atoms with E-state index in [9.17, 15) is 13.2 Å². The Morgan fingerprint density at radius 1 is 1.10 bits per heavy atom. The van der Waals surface area contributed by atoms with E-state index in [0.29, 0.717) is 12.2 Å². The fraction of sp³-hybridized carbons (Fsp3) is 0.400. The Balaban J connectivity index is 1.99. The SMILES string of the molecule is CC(C)(C)c1nc(CNc2ccc(C(F)(F)F)cc2)cs1. The topological polar surface area (TPSA) is 24.9 Å². The second kappa shape index (κ2) is 5.67. The molecule has 6 heteroatoms. The van der Waals surface area contributed by atoms with Crippen LogP contribution in [0.15, 0.2) is 29.6 Å². The molecule has 0 spiro atoms. The Labute approximate surface area is 126 Å². The first-order valence-corrected chi connectivity index (χ1v) is 7.40. The molecule has 0 atom stereocenters. The average Bonchev–Trinajstić information content (AvgIpc) is 2.84. The highest BCUT2D eigenvalue weighted by atomic mass is 32.1. The summed E-state index contributed by atoms with van der Waals surface area (Å²) in [5, 5.41) is 6.10. The van der Waals surface area contributed by atoms with Gasteiger partial charge in [-0.15, -0.1) is 11.3 Å². The monoisotopic (exact) mass is 314 g/mol. The van der Waals surface area contributed by atoms with Gasteiger partial charge < -0.3 is 5.32 Å². The van der Waals surface area contributed by atoms with E-state index in [4.69, 9.17) is 0 Å². The highest BCUT2D eigenvalue weighted by Gasteiger charge is 2.29. The maximum Gasteiger partial charge on any atom is 0.416 e. The van der Waals surface area contributed by atoms with E-state index in [1.165, 1.54) is 12.1 Å². The second-order valence-electron chi connectivity index (χ2n) is 5.82. The molecule has 2 nitrogen and oxygen atoms in total. The smallest absolute Gasteiger partial charge is 0.379 e. The zero-order valence-corrected chi connectivity index (χ0v) is 12.9. The summed E-state index contributed by atoms with van der Waals surface area (Å²) in [4.78, 5) is 4.53. The molecule has 0 saturated carbocycles. The number of anilines is 1. The standard InChI is InChI=1S/C15H17F3N2S/c1-14(2,3)13-20-12(9-21-13)8-19-11-6-4-10(5-7-11)15(16,17)18/h4-7,9,19H,8H2,1-3H3. The fourth-order valence-electron chi connectivity index (χ4n) is 1.70. The third kappa shape index (κ3) is 4.20. The Bertz CT molecular complexity index is 595. The van der Waals surface area contributed by atoms with Crippen molar-refractivity contribution in [1.82, 2.24) is 4.98 Å². The lowest BCUT2D eigenvalue weighted by Gasteiger charge is -2.13. The van der Waals surface area contributed by atoms with Gasteiger partial charge in [-0.1, -0.05) is 20.8 Å². The highest BCUT2D eigenvalue weighted by Crippen LogP contribution is 2.30. The van der Waals surface area contributed by atoms with Gasteiger partial charge in [-0.2, -0.15) is 13.2 Å². The molecule has 2 rings (SSSR count). The predicted octanol–water partition coefficient (Wildman–Crippen LogP) is 5.07. The third-order valence-corrected chi connectivity index (χ3v) is 4.20. The van der Waals surface area contributed by atoms with Crippen LogP contribution in [-0.4, -0.2) is 4.98 Å². The van der Waals surface area contributed by atoms with Crippen molar-refractivity contribution in [2.75, 3.05) is 5.32 Å². The van der Waals surface area contributed by atoms with Gasteiger partial charge in [0.15, 0.2) is 0 Å². The van der Waals surface area contributed by atoms with E-state index < -0.39 is 11.7 Å². The van der Waals surface area contributed by atoms with Crippen molar-refractivity contribution in [1.29, 1.82) is 0 Å². The lowest BCUT2D eigenvalue weighted by Crippen LogP contribution is -2.11. The van der Waals surface area contributed by atoms with Crippen LogP contribution in [0, 0.1) is 0 Å². The van der Waals surface area contributed by atoms with Crippen LogP contribution in [0.4, 0.5) is 18.9 Å². The number of nitrogens with zero attached hydrogens (tertiary/aromatic N) is 1. The van der Waals surface area contributed by atoms with Gasteiger partial charge in [0.05, 0.1) is 22.8 Å². The molecule has 0 saturated heterocycles. The first-order chi connectivity index (χ1) is 9.66. The fourth-order valence-corrected chi connectivity index (χ4v) is 2.61. The number of rotatable bonds is 3. The summed E-state index contributed by atoms with van der Waals surface area (Å²) in [6.45, 7) is 6.79. The molecule has 2 aromatic rings. The van der Waals surface area contributed by atoms with Gasteiger partial charge in [0.1, 0.15) is 0 Å².